The van der Waals surface area contributed by atoms with Crippen molar-refractivity contribution in [2.45, 2.75) is 33.2 Å². The van der Waals surface area contributed by atoms with Crippen LogP contribution in [-0.4, -0.2) is 11.5 Å². The number of nitrogens with zero attached hydrogens (tertiary/aromatic N) is 1. The molecule has 0 aliphatic rings. The molecule has 2 aromatic rings. The molecule has 1 N–H and O–H groups in total. The molecule has 1 heterocycles. The standard InChI is InChI=1S/C16H22N2S/c1-4-17-16(15-10-19-11-18-15)14-7-5-6-13(9-14)8-12(2)3/h5-7,9-12,16-17H,4,8H2,1-3H3. The maximum atomic E-state index is 4.46. The first-order chi connectivity index (χ1) is 9.20. The van der Waals surface area contributed by atoms with Crippen molar-refractivity contribution >= 4 is 11.3 Å². The predicted octanol–water partition coefficient (Wildman–Crippen LogP) is 4.04. The van der Waals surface area contributed by atoms with Gasteiger partial charge in [-0.2, -0.15) is 0 Å². The summed E-state index contributed by atoms with van der Waals surface area (Å²) in [6, 6.07) is 9.09. The Kier molecular flexibility index (Phi) is 5.11. The summed E-state index contributed by atoms with van der Waals surface area (Å²) in [7, 11) is 0. The van der Waals surface area contributed by atoms with Crippen LogP contribution >= 0.6 is 11.3 Å². The molecule has 0 bridgehead atoms. The Balaban J connectivity index is 2.26. The highest BCUT2D eigenvalue weighted by Gasteiger charge is 2.15. The molecular formula is C16H22N2S. The molecule has 0 spiro atoms. The van der Waals surface area contributed by atoms with E-state index in [9.17, 15) is 0 Å². The van der Waals surface area contributed by atoms with Crippen molar-refractivity contribution in [3.8, 4) is 0 Å². The number of nitrogens with one attached hydrogen (secondary N) is 1. The van der Waals surface area contributed by atoms with Crippen molar-refractivity contribution in [3.05, 3.63) is 52.0 Å². The fourth-order valence-electron chi connectivity index (χ4n) is 2.33. The number of rotatable bonds is 6. The molecular weight excluding hydrogens is 252 g/mol. The molecule has 0 fully saturated rings. The molecule has 1 aromatic heterocycles. The van der Waals surface area contributed by atoms with Gasteiger partial charge >= 0.3 is 0 Å². The monoisotopic (exact) mass is 274 g/mol. The molecule has 2 rings (SSSR count). The molecule has 0 aliphatic carbocycles. The van der Waals surface area contributed by atoms with Crippen molar-refractivity contribution in [1.82, 2.24) is 10.3 Å². The summed E-state index contributed by atoms with van der Waals surface area (Å²) in [5.41, 5.74) is 5.74. The van der Waals surface area contributed by atoms with Gasteiger partial charge in [0.2, 0.25) is 0 Å². The van der Waals surface area contributed by atoms with Crippen molar-refractivity contribution < 1.29 is 0 Å². The van der Waals surface area contributed by atoms with Gasteiger partial charge in [-0.05, 0) is 30.0 Å². The smallest absolute Gasteiger partial charge is 0.0795 e. The van der Waals surface area contributed by atoms with Gasteiger partial charge in [-0.3, -0.25) is 0 Å². The first kappa shape index (κ1) is 14.2. The lowest BCUT2D eigenvalue weighted by Crippen LogP contribution is -2.22. The van der Waals surface area contributed by atoms with Crippen molar-refractivity contribution in [2.75, 3.05) is 6.54 Å². The molecule has 3 heteroatoms. The second kappa shape index (κ2) is 6.83. The summed E-state index contributed by atoms with van der Waals surface area (Å²) in [6.07, 6.45) is 1.13. The van der Waals surface area contributed by atoms with E-state index in [0.717, 1.165) is 18.7 Å². The SMILES string of the molecule is CCNC(c1cccc(CC(C)C)c1)c1cscn1. The van der Waals surface area contributed by atoms with E-state index in [0.29, 0.717) is 5.92 Å². The summed E-state index contributed by atoms with van der Waals surface area (Å²) >= 11 is 1.65. The Morgan fingerprint density at radius 3 is 2.79 bits per heavy atom. The fourth-order valence-corrected chi connectivity index (χ4v) is 2.91. The van der Waals surface area contributed by atoms with E-state index in [1.807, 2.05) is 5.51 Å². The Hall–Kier alpha value is -1.19. The Morgan fingerprint density at radius 2 is 2.16 bits per heavy atom. The second-order valence-electron chi connectivity index (χ2n) is 5.25. The van der Waals surface area contributed by atoms with Gasteiger partial charge in [0.1, 0.15) is 0 Å². The third-order valence-electron chi connectivity index (χ3n) is 3.08. The van der Waals surface area contributed by atoms with Crippen LogP contribution in [0.2, 0.25) is 0 Å². The van der Waals surface area contributed by atoms with Gasteiger partial charge in [0.25, 0.3) is 0 Å². The van der Waals surface area contributed by atoms with E-state index in [-0.39, 0.29) is 6.04 Å². The topological polar surface area (TPSA) is 24.9 Å². The van der Waals surface area contributed by atoms with Crippen LogP contribution in [0.25, 0.3) is 0 Å². The van der Waals surface area contributed by atoms with Gasteiger partial charge in [0.05, 0.1) is 17.2 Å². The largest absolute Gasteiger partial charge is 0.305 e. The van der Waals surface area contributed by atoms with Crippen LogP contribution in [0.15, 0.2) is 35.2 Å². The molecule has 19 heavy (non-hydrogen) atoms. The zero-order valence-corrected chi connectivity index (χ0v) is 12.7. The first-order valence-electron chi connectivity index (χ1n) is 6.91. The normalized spacial score (nSPS) is 12.8. The molecule has 1 atom stereocenters. The second-order valence-corrected chi connectivity index (χ2v) is 5.97. The quantitative estimate of drug-likeness (QED) is 0.860. The zero-order valence-electron chi connectivity index (χ0n) is 11.9. The lowest BCUT2D eigenvalue weighted by Gasteiger charge is -2.17. The minimum atomic E-state index is 0.211. The van der Waals surface area contributed by atoms with Gasteiger partial charge in [-0.25, -0.2) is 4.98 Å². The number of aromatic nitrogens is 1. The average molecular weight is 274 g/mol. The lowest BCUT2D eigenvalue weighted by atomic mass is 9.97. The van der Waals surface area contributed by atoms with Crippen LogP contribution < -0.4 is 5.32 Å². The molecule has 1 unspecified atom stereocenters. The minimum Gasteiger partial charge on any atom is -0.305 e. The highest BCUT2D eigenvalue weighted by atomic mass is 32.1. The minimum absolute atomic E-state index is 0.211. The van der Waals surface area contributed by atoms with Crippen LogP contribution in [0.3, 0.4) is 0 Å². The summed E-state index contributed by atoms with van der Waals surface area (Å²) in [4.78, 5) is 4.46. The molecule has 2 nitrogen and oxygen atoms in total. The van der Waals surface area contributed by atoms with E-state index < -0.39 is 0 Å². The molecule has 0 radical (unpaired) electrons. The van der Waals surface area contributed by atoms with Crippen molar-refractivity contribution in [1.29, 1.82) is 0 Å². The lowest BCUT2D eigenvalue weighted by molar-refractivity contribution is 0.614. The summed E-state index contributed by atoms with van der Waals surface area (Å²) in [5, 5.41) is 5.65. The van der Waals surface area contributed by atoms with Gasteiger partial charge in [-0.1, -0.05) is 45.0 Å². The van der Waals surface area contributed by atoms with Crippen LogP contribution in [0.5, 0.6) is 0 Å². The first-order valence-corrected chi connectivity index (χ1v) is 7.85. The Morgan fingerprint density at radius 1 is 1.32 bits per heavy atom. The van der Waals surface area contributed by atoms with Crippen molar-refractivity contribution in [3.63, 3.8) is 0 Å². The van der Waals surface area contributed by atoms with Gasteiger partial charge < -0.3 is 5.32 Å². The summed E-state index contributed by atoms with van der Waals surface area (Å²) in [5.74, 6) is 0.687. The Labute approximate surface area is 119 Å². The van der Waals surface area contributed by atoms with Crippen LogP contribution in [-0.2, 0) is 6.42 Å². The maximum Gasteiger partial charge on any atom is 0.0795 e. The predicted molar refractivity (Wildman–Crippen MR) is 82.6 cm³/mol. The number of benzene rings is 1. The highest BCUT2D eigenvalue weighted by molar-refractivity contribution is 7.07. The van der Waals surface area contributed by atoms with Crippen LogP contribution in [0, 0.1) is 5.92 Å². The summed E-state index contributed by atoms with van der Waals surface area (Å²) < 4.78 is 0. The van der Waals surface area contributed by atoms with E-state index in [1.54, 1.807) is 11.3 Å². The molecule has 102 valence electrons. The molecule has 0 saturated heterocycles. The number of hydrogen-bond donors (Lipinski definition) is 1. The average Bonchev–Trinajstić information content (AvgIpc) is 2.89. The van der Waals surface area contributed by atoms with Gasteiger partial charge in [0, 0.05) is 5.38 Å². The highest BCUT2D eigenvalue weighted by Crippen LogP contribution is 2.23. The molecule has 0 aliphatic heterocycles. The zero-order chi connectivity index (χ0) is 13.7. The van der Waals surface area contributed by atoms with Crippen LogP contribution in [0.4, 0.5) is 0 Å². The third kappa shape index (κ3) is 3.88. The maximum absolute atomic E-state index is 4.46. The van der Waals surface area contributed by atoms with Crippen LogP contribution in [0.1, 0.15) is 43.6 Å². The van der Waals surface area contributed by atoms with Crippen molar-refractivity contribution in [2.24, 2.45) is 5.92 Å². The van der Waals surface area contributed by atoms with E-state index in [4.69, 9.17) is 0 Å². The molecule has 0 amide bonds. The van der Waals surface area contributed by atoms with E-state index in [2.05, 4.69) is 60.7 Å². The van der Waals surface area contributed by atoms with E-state index in [1.165, 1.54) is 11.1 Å². The fraction of sp³-hybridized carbons (Fsp3) is 0.438. The van der Waals surface area contributed by atoms with Gasteiger partial charge in [-0.15, -0.1) is 11.3 Å². The molecule has 0 saturated carbocycles. The van der Waals surface area contributed by atoms with E-state index >= 15 is 0 Å². The van der Waals surface area contributed by atoms with Gasteiger partial charge in [0.15, 0.2) is 0 Å². The Bertz CT molecular complexity index is 491. The third-order valence-corrected chi connectivity index (χ3v) is 3.69. The summed E-state index contributed by atoms with van der Waals surface area (Å²) in [6.45, 7) is 7.59. The number of hydrogen-bond acceptors (Lipinski definition) is 3. The number of thiazole rings is 1. The molecule has 1 aromatic carbocycles.